The number of hydrogen-bond acceptors (Lipinski definition) is 4. The maximum absolute atomic E-state index is 12.6. The zero-order valence-corrected chi connectivity index (χ0v) is 28.9. The van der Waals surface area contributed by atoms with Crippen molar-refractivity contribution in [1.82, 2.24) is 9.97 Å². The molecule has 1 fully saturated rings. The number of aryl methyl sites for hydroxylation is 1. The zero-order valence-electron chi connectivity index (χ0n) is 30.5. The fourth-order valence-corrected chi connectivity index (χ4v) is 6.26. The Morgan fingerprint density at radius 3 is 2.48 bits per heavy atom. The Labute approximate surface area is 299 Å². The maximum atomic E-state index is 12.6. The number of pyridine rings is 2. The van der Waals surface area contributed by atoms with Crippen molar-refractivity contribution in [3.63, 3.8) is 0 Å². The van der Waals surface area contributed by atoms with Crippen LogP contribution in [-0.4, -0.2) is 9.97 Å². The summed E-state index contributed by atoms with van der Waals surface area (Å²) in [5.74, 6) is -1.27. The van der Waals surface area contributed by atoms with Crippen molar-refractivity contribution >= 4 is 32.7 Å². The fraction of sp³-hybridized carbons (Fsp3) is 0.214. The van der Waals surface area contributed by atoms with E-state index in [1.54, 1.807) is 24.4 Å². The van der Waals surface area contributed by atoms with E-state index in [0.29, 0.717) is 46.4 Å². The van der Waals surface area contributed by atoms with Gasteiger partial charge < -0.3 is 14.4 Å². The third-order valence-electron chi connectivity index (χ3n) is 9.01. The number of furan rings is 1. The van der Waals surface area contributed by atoms with Gasteiger partial charge in [-0.3, -0.25) is 4.39 Å². The molecule has 241 valence electrons. The monoisotopic (exact) mass is 812 g/mol. The second-order valence-corrected chi connectivity index (χ2v) is 12.7. The SMILES string of the molecule is Fc1c[c-]c(-c2ccccn2)cc1.[2H]C([2H])([2H])c1cnc(-c2[c-]ccc3c2oc2c4ccc(C#N)cc4ccc32)cc1C1([2H])CCC(C)(C)CC1.[Ir]. The molecule has 7 aromatic rings. The number of fused-ring (bicyclic) bond motifs is 5. The minimum atomic E-state index is -2.36. The summed E-state index contributed by atoms with van der Waals surface area (Å²) in [4.78, 5) is 8.69. The first kappa shape index (κ1) is 28.3. The van der Waals surface area contributed by atoms with Gasteiger partial charge in [0, 0.05) is 54.6 Å². The van der Waals surface area contributed by atoms with Crippen LogP contribution in [0.25, 0.3) is 55.2 Å². The predicted octanol–water partition coefficient (Wildman–Crippen LogP) is 11.2. The number of halogens is 1. The first-order valence-electron chi connectivity index (χ1n) is 17.7. The van der Waals surface area contributed by atoms with Crippen molar-refractivity contribution in [2.75, 3.05) is 0 Å². The largest absolute Gasteiger partial charge is 0.500 e. The van der Waals surface area contributed by atoms with E-state index >= 15 is 0 Å². The van der Waals surface area contributed by atoms with Gasteiger partial charge in [-0.2, -0.15) is 5.26 Å². The molecule has 1 aliphatic rings. The average Bonchev–Trinajstić information content (AvgIpc) is 3.52. The molecule has 4 aromatic carbocycles. The number of hydrogen-bond donors (Lipinski definition) is 0. The minimum absolute atomic E-state index is 0. The Hall–Kier alpha value is -4.69. The van der Waals surface area contributed by atoms with Crippen molar-refractivity contribution in [2.24, 2.45) is 5.41 Å². The number of nitrogens with zero attached hydrogens (tertiary/aromatic N) is 3. The summed E-state index contributed by atoms with van der Waals surface area (Å²) in [5.41, 5.74) is 5.53. The Morgan fingerprint density at radius 1 is 0.938 bits per heavy atom. The Bertz CT molecular complexity index is 2430. The molecule has 8 rings (SSSR count). The van der Waals surface area contributed by atoms with Crippen LogP contribution in [0.4, 0.5) is 4.39 Å². The van der Waals surface area contributed by atoms with Crippen LogP contribution in [0.1, 0.15) is 67.6 Å². The summed E-state index contributed by atoms with van der Waals surface area (Å²) in [6, 6.07) is 33.3. The van der Waals surface area contributed by atoms with E-state index in [4.69, 9.17) is 8.53 Å². The molecule has 1 radical (unpaired) electrons. The quantitative estimate of drug-likeness (QED) is 0.167. The zero-order chi connectivity index (χ0) is 36.0. The molecule has 1 aliphatic carbocycles. The van der Waals surface area contributed by atoms with Gasteiger partial charge in [0.15, 0.2) is 0 Å². The van der Waals surface area contributed by atoms with Crippen LogP contribution in [0.5, 0.6) is 0 Å². The standard InChI is InChI=1S/C31H27N2O.C11H7FN.Ir/c1-19-18-33-28(16-27(19)21-11-13-31(2,3)14-12-21)26-6-4-5-24-25-10-8-22-15-20(17-32)7-9-23(22)29(25)34-30(24)26;12-10-6-4-9(5-7-10)11-3-1-2-8-13-11;/h4-5,7-10,15-16,18,21H,11-14H2,1-3H3;1-4,6-8H;/q2*-1;/i1D3,21D;;. The van der Waals surface area contributed by atoms with Crippen molar-refractivity contribution in [3.05, 3.63) is 132 Å². The van der Waals surface area contributed by atoms with Gasteiger partial charge >= 0.3 is 0 Å². The van der Waals surface area contributed by atoms with E-state index in [0.717, 1.165) is 45.6 Å². The molecule has 0 amide bonds. The van der Waals surface area contributed by atoms with E-state index < -0.39 is 12.7 Å². The number of benzene rings is 4. The molecule has 0 spiro atoms. The molecular weight excluding hydrogens is 774 g/mol. The summed E-state index contributed by atoms with van der Waals surface area (Å²) < 4.78 is 52.8. The topological polar surface area (TPSA) is 62.7 Å². The molecule has 1 saturated carbocycles. The second-order valence-electron chi connectivity index (χ2n) is 12.7. The van der Waals surface area contributed by atoms with Crippen LogP contribution < -0.4 is 0 Å². The molecule has 0 aliphatic heterocycles. The van der Waals surface area contributed by atoms with Gasteiger partial charge in [-0.1, -0.05) is 55.1 Å². The molecule has 3 aromatic heterocycles. The normalized spacial score (nSPS) is 16.4. The first-order chi connectivity index (χ1) is 24.3. The second kappa shape index (κ2) is 13.8. The summed E-state index contributed by atoms with van der Waals surface area (Å²) in [6.45, 7) is 2.05. The Morgan fingerprint density at radius 2 is 1.75 bits per heavy atom. The molecule has 0 unspecified atom stereocenters. The van der Waals surface area contributed by atoms with Gasteiger partial charge in [0.2, 0.25) is 0 Å². The molecular formula is C42H34FIrN3O-2. The van der Waals surface area contributed by atoms with Crippen LogP contribution >= 0.6 is 0 Å². The van der Waals surface area contributed by atoms with Gasteiger partial charge in [-0.15, -0.1) is 48.0 Å². The van der Waals surface area contributed by atoms with E-state index in [-0.39, 0.29) is 36.9 Å². The molecule has 3 heterocycles. The van der Waals surface area contributed by atoms with Crippen LogP contribution in [0.2, 0.25) is 0 Å². The number of aromatic nitrogens is 2. The first-order valence-corrected chi connectivity index (χ1v) is 15.7. The number of rotatable bonds is 3. The summed E-state index contributed by atoms with van der Waals surface area (Å²) >= 11 is 0. The van der Waals surface area contributed by atoms with Crippen molar-refractivity contribution in [1.29, 1.82) is 5.26 Å². The molecule has 4 nitrogen and oxygen atoms in total. The predicted molar refractivity (Wildman–Crippen MR) is 186 cm³/mol. The average molecular weight is 812 g/mol. The van der Waals surface area contributed by atoms with Gasteiger partial charge in [0.25, 0.3) is 0 Å². The van der Waals surface area contributed by atoms with Crippen molar-refractivity contribution in [2.45, 2.75) is 52.3 Å². The molecule has 48 heavy (non-hydrogen) atoms. The molecule has 0 saturated heterocycles. The van der Waals surface area contributed by atoms with Gasteiger partial charge in [-0.25, -0.2) is 0 Å². The van der Waals surface area contributed by atoms with Crippen LogP contribution in [0.15, 0.2) is 102 Å². The van der Waals surface area contributed by atoms with Gasteiger partial charge in [0.05, 0.1) is 17.2 Å². The summed E-state index contributed by atoms with van der Waals surface area (Å²) in [6.07, 6.45) is 6.04. The van der Waals surface area contributed by atoms with Crippen LogP contribution in [0.3, 0.4) is 0 Å². The third kappa shape index (κ3) is 6.67. The minimum Gasteiger partial charge on any atom is -0.500 e. The number of nitriles is 1. The summed E-state index contributed by atoms with van der Waals surface area (Å²) in [7, 11) is 0. The van der Waals surface area contributed by atoms with E-state index in [1.807, 2.05) is 54.6 Å². The Balaban J connectivity index is 0.000000279. The van der Waals surface area contributed by atoms with Crippen molar-refractivity contribution < 1.29 is 34.4 Å². The van der Waals surface area contributed by atoms with E-state index in [2.05, 4.69) is 42.0 Å². The van der Waals surface area contributed by atoms with E-state index in [9.17, 15) is 11.0 Å². The van der Waals surface area contributed by atoms with Crippen LogP contribution in [0, 0.1) is 41.5 Å². The molecule has 6 heteroatoms. The Kier molecular flexibility index (Phi) is 8.15. The molecule has 0 atom stereocenters. The molecule has 0 N–H and O–H groups in total. The fourth-order valence-electron chi connectivity index (χ4n) is 6.26. The van der Waals surface area contributed by atoms with Crippen LogP contribution in [-0.2, 0) is 20.1 Å². The van der Waals surface area contributed by atoms with E-state index in [1.165, 1.54) is 18.3 Å². The molecule has 0 bridgehead atoms. The summed E-state index contributed by atoms with van der Waals surface area (Å²) in [5, 5.41) is 13.0. The smallest absolute Gasteiger partial charge is 0.128 e. The third-order valence-corrected chi connectivity index (χ3v) is 9.01. The van der Waals surface area contributed by atoms with Gasteiger partial charge in [-0.05, 0) is 96.0 Å². The van der Waals surface area contributed by atoms with Crippen molar-refractivity contribution in [3.8, 4) is 28.6 Å². The van der Waals surface area contributed by atoms with Gasteiger partial charge in [0.1, 0.15) is 5.58 Å². The maximum Gasteiger partial charge on any atom is 0.128 e.